The number of carbonyl (C=O) groups excluding carboxylic acids is 1. The number of hydrogen-bond acceptors (Lipinski definition) is 7. The van der Waals surface area contributed by atoms with Crippen LogP contribution in [0, 0.1) is 0 Å². The van der Waals surface area contributed by atoms with E-state index in [2.05, 4.69) is 74.6 Å². The molecule has 0 aliphatic heterocycles. The molecule has 57 heavy (non-hydrogen) atoms. The van der Waals surface area contributed by atoms with Crippen LogP contribution in [0.1, 0.15) is 181 Å². The van der Waals surface area contributed by atoms with Crippen molar-refractivity contribution in [3.63, 3.8) is 0 Å². The maximum absolute atomic E-state index is 12.7. The lowest BCUT2D eigenvalue weighted by molar-refractivity contribution is -0.870. The summed E-state index contributed by atoms with van der Waals surface area (Å²) in [4.78, 5) is 25.1. The molecule has 0 saturated heterocycles. The number of allylic oxidation sites excluding steroid dienone is 10. The second-order valence-electron chi connectivity index (χ2n) is 16.4. The first kappa shape index (κ1) is 55.2. The topological polar surface area (TPSA) is 94.1 Å². The van der Waals surface area contributed by atoms with E-state index in [1.165, 1.54) is 103 Å². The van der Waals surface area contributed by atoms with Gasteiger partial charge in [-0.15, -0.1) is 0 Å². The maximum atomic E-state index is 12.7. The summed E-state index contributed by atoms with van der Waals surface area (Å²) >= 11 is 0. The van der Waals surface area contributed by atoms with Gasteiger partial charge in [0.1, 0.15) is 19.3 Å². The van der Waals surface area contributed by atoms with E-state index >= 15 is 0 Å². The highest BCUT2D eigenvalue weighted by molar-refractivity contribution is 7.45. The summed E-state index contributed by atoms with van der Waals surface area (Å²) in [5.41, 5.74) is 0. The third-order valence-electron chi connectivity index (χ3n) is 9.58. The molecule has 0 aliphatic rings. The first-order valence-electron chi connectivity index (χ1n) is 23.0. The lowest BCUT2D eigenvalue weighted by Gasteiger charge is -2.28. The van der Waals surface area contributed by atoms with Crippen LogP contribution in [-0.4, -0.2) is 70.7 Å². The molecule has 8 nitrogen and oxygen atoms in total. The van der Waals surface area contributed by atoms with Crippen LogP contribution >= 0.6 is 7.82 Å². The fourth-order valence-corrected chi connectivity index (χ4v) is 6.78. The first-order chi connectivity index (χ1) is 27.6. The molecule has 0 rings (SSSR count). The van der Waals surface area contributed by atoms with E-state index in [0.29, 0.717) is 24.1 Å². The van der Waals surface area contributed by atoms with Crippen molar-refractivity contribution in [3.05, 3.63) is 60.8 Å². The molecular weight excluding hydrogens is 734 g/mol. The minimum Gasteiger partial charge on any atom is -0.756 e. The Morgan fingerprint density at radius 2 is 1.00 bits per heavy atom. The number of esters is 1. The second-order valence-corrected chi connectivity index (χ2v) is 17.8. The van der Waals surface area contributed by atoms with Crippen molar-refractivity contribution in [2.75, 3.05) is 54.1 Å². The number of quaternary nitrogens is 1. The van der Waals surface area contributed by atoms with Crippen LogP contribution in [-0.2, 0) is 27.9 Å². The van der Waals surface area contributed by atoms with Crippen LogP contribution in [0.15, 0.2) is 60.8 Å². The number of hydrogen-bond donors (Lipinski definition) is 0. The van der Waals surface area contributed by atoms with Gasteiger partial charge in [-0.25, -0.2) is 0 Å². The molecule has 9 heteroatoms. The zero-order chi connectivity index (χ0) is 42.0. The van der Waals surface area contributed by atoms with Crippen molar-refractivity contribution in [3.8, 4) is 0 Å². The van der Waals surface area contributed by atoms with Crippen LogP contribution in [0.25, 0.3) is 0 Å². The molecule has 0 aliphatic carbocycles. The summed E-state index contributed by atoms with van der Waals surface area (Å²) in [6.07, 6.45) is 51.0. The number of likely N-dealkylation sites (N-methyl/N-ethyl adjacent to an activating group) is 1. The van der Waals surface area contributed by atoms with Crippen molar-refractivity contribution in [1.82, 2.24) is 0 Å². The Morgan fingerprint density at radius 3 is 1.46 bits per heavy atom. The molecule has 0 aromatic rings. The molecule has 0 heterocycles. The second kappa shape index (κ2) is 41.0. The summed E-state index contributed by atoms with van der Waals surface area (Å²) < 4.78 is 34.6. The van der Waals surface area contributed by atoms with Crippen molar-refractivity contribution in [2.45, 2.75) is 187 Å². The van der Waals surface area contributed by atoms with Gasteiger partial charge in [0.2, 0.25) is 0 Å². The molecule has 0 saturated carbocycles. The van der Waals surface area contributed by atoms with E-state index in [0.717, 1.165) is 51.4 Å². The summed E-state index contributed by atoms with van der Waals surface area (Å²) in [5, 5.41) is 0. The van der Waals surface area contributed by atoms with E-state index in [9.17, 15) is 14.3 Å². The van der Waals surface area contributed by atoms with Crippen molar-refractivity contribution in [2.24, 2.45) is 0 Å². The lowest BCUT2D eigenvalue weighted by atomic mass is 10.0. The zero-order valence-electron chi connectivity index (χ0n) is 37.5. The Bertz CT molecular complexity index is 1090. The molecule has 0 radical (unpaired) electrons. The highest BCUT2D eigenvalue weighted by Gasteiger charge is 2.20. The van der Waals surface area contributed by atoms with Crippen LogP contribution in [0.2, 0.25) is 0 Å². The van der Waals surface area contributed by atoms with Gasteiger partial charge in [-0.2, -0.15) is 0 Å². The standard InChI is InChI=1S/C48H88NO7P/c1-6-8-10-12-14-16-18-20-22-24-26-28-30-32-34-36-38-40-43-53-45-47(46-55-57(51,52)54-44-42-49(3,4)5)56-48(50)41-39-37-35-33-31-29-27-25-23-21-19-17-15-13-11-9-7-2/h9,11,15,17,21,23,27,29,33,35,47H,6-8,10,12-14,16,18-20,22,24-26,28,30-32,34,36-46H2,1-5H3/b11-9-,17-15-,23-21-,29-27-,35-33-. The minimum atomic E-state index is -4.54. The fraction of sp³-hybridized carbons (Fsp3) is 0.771. The highest BCUT2D eigenvalue weighted by Crippen LogP contribution is 2.38. The molecule has 0 aromatic carbocycles. The van der Waals surface area contributed by atoms with E-state index in [-0.39, 0.29) is 32.2 Å². The van der Waals surface area contributed by atoms with Gasteiger partial charge in [0.25, 0.3) is 7.82 Å². The molecule has 0 bridgehead atoms. The third-order valence-corrected chi connectivity index (χ3v) is 10.5. The summed E-state index contributed by atoms with van der Waals surface area (Å²) in [6, 6.07) is 0. The molecule has 2 atom stereocenters. The van der Waals surface area contributed by atoms with E-state index in [4.69, 9.17) is 18.5 Å². The summed E-state index contributed by atoms with van der Waals surface area (Å²) in [5.74, 6) is -0.389. The number of unbranched alkanes of at least 4 members (excludes halogenated alkanes) is 18. The molecule has 0 amide bonds. The normalized spacial score (nSPS) is 14.3. The Kier molecular flexibility index (Phi) is 39.7. The first-order valence-corrected chi connectivity index (χ1v) is 24.5. The smallest absolute Gasteiger partial charge is 0.306 e. The third kappa shape index (κ3) is 45.1. The van der Waals surface area contributed by atoms with E-state index < -0.39 is 13.9 Å². The minimum absolute atomic E-state index is 0.0143. The van der Waals surface area contributed by atoms with Gasteiger partial charge >= 0.3 is 5.97 Å². The van der Waals surface area contributed by atoms with Gasteiger partial charge in [0.05, 0.1) is 34.4 Å². The number of phosphoric ester groups is 1. The zero-order valence-corrected chi connectivity index (χ0v) is 38.4. The number of phosphoric acid groups is 1. The molecular formula is C48H88NO7P. The fourth-order valence-electron chi connectivity index (χ4n) is 6.05. The van der Waals surface area contributed by atoms with Gasteiger partial charge < -0.3 is 27.9 Å². The molecule has 0 spiro atoms. The molecule has 0 aromatic heterocycles. The van der Waals surface area contributed by atoms with Crippen LogP contribution in [0.3, 0.4) is 0 Å². The van der Waals surface area contributed by atoms with Crippen molar-refractivity contribution < 1.29 is 37.3 Å². The van der Waals surface area contributed by atoms with Gasteiger partial charge in [0.15, 0.2) is 0 Å². The largest absolute Gasteiger partial charge is 0.756 e. The Hall–Kier alpha value is -1.80. The van der Waals surface area contributed by atoms with Gasteiger partial charge in [0, 0.05) is 13.0 Å². The summed E-state index contributed by atoms with van der Waals surface area (Å²) in [7, 11) is 1.32. The van der Waals surface area contributed by atoms with Gasteiger partial charge in [-0.05, 0) is 51.4 Å². The Balaban J connectivity index is 4.29. The van der Waals surface area contributed by atoms with Crippen molar-refractivity contribution in [1.29, 1.82) is 0 Å². The van der Waals surface area contributed by atoms with E-state index in [1.807, 2.05) is 21.1 Å². The predicted octanol–water partition coefficient (Wildman–Crippen LogP) is 13.1. The van der Waals surface area contributed by atoms with Crippen molar-refractivity contribution >= 4 is 13.8 Å². The quantitative estimate of drug-likeness (QED) is 0.0199. The average molecular weight is 822 g/mol. The van der Waals surface area contributed by atoms with Crippen LogP contribution in [0.4, 0.5) is 0 Å². The highest BCUT2D eigenvalue weighted by atomic mass is 31.2. The number of rotatable bonds is 42. The monoisotopic (exact) mass is 822 g/mol. The number of nitrogens with zero attached hydrogens (tertiary/aromatic N) is 1. The predicted molar refractivity (Wildman–Crippen MR) is 240 cm³/mol. The van der Waals surface area contributed by atoms with Gasteiger partial charge in [-0.3, -0.25) is 9.36 Å². The molecule has 332 valence electrons. The van der Waals surface area contributed by atoms with E-state index in [1.54, 1.807) is 0 Å². The molecule has 0 fully saturated rings. The summed E-state index contributed by atoms with van der Waals surface area (Å²) in [6.45, 7) is 5.23. The maximum Gasteiger partial charge on any atom is 0.306 e. The Morgan fingerprint density at radius 1 is 0.561 bits per heavy atom. The Labute approximate surface area is 351 Å². The van der Waals surface area contributed by atoms with Crippen LogP contribution in [0.5, 0.6) is 0 Å². The number of carbonyl (C=O) groups is 1. The lowest BCUT2D eigenvalue weighted by Crippen LogP contribution is -2.37. The van der Waals surface area contributed by atoms with Gasteiger partial charge in [-0.1, -0.05) is 184 Å². The number of ether oxygens (including phenoxy) is 2. The SMILES string of the molecule is CC/C=C\C/C=C\C/C=C\C/C=C\C/C=C\CCCC(=O)OC(COCCCCCCCCCCCCCCCCCCCC)COP(=O)([O-])OCC[N+](C)(C)C. The average Bonchev–Trinajstić information content (AvgIpc) is 3.16. The molecule has 0 N–H and O–H groups in total. The van der Waals surface area contributed by atoms with Crippen LogP contribution < -0.4 is 4.89 Å². The molecule has 2 unspecified atom stereocenters.